The second kappa shape index (κ2) is 10.9. The second-order valence-electron chi connectivity index (χ2n) is 7.86. The normalized spacial score (nSPS) is 39.0. The van der Waals surface area contributed by atoms with Gasteiger partial charge in [-0.05, 0) is 0 Å². The fraction of sp³-hybridized carbons (Fsp3) is 1.00. The van der Waals surface area contributed by atoms with Crippen LogP contribution < -0.4 is 0 Å². The van der Waals surface area contributed by atoms with E-state index in [2.05, 4.69) is 9.80 Å². The largest absolute Gasteiger partial charge is 0.320 e. The molecule has 4 bridgehead atoms. The lowest BCUT2D eigenvalue weighted by Crippen LogP contribution is -2.68. The van der Waals surface area contributed by atoms with Crippen LogP contribution in [0.2, 0.25) is 0 Å². The Hall–Kier alpha value is 1.76. The van der Waals surface area contributed by atoms with Gasteiger partial charge in [0, 0.05) is 52.1 Å². The highest BCUT2D eigenvalue weighted by Crippen LogP contribution is 2.23. The van der Waals surface area contributed by atoms with Gasteiger partial charge in [-0.2, -0.15) is 0 Å². The summed E-state index contributed by atoms with van der Waals surface area (Å²) in [5.74, 6) is 0. The van der Waals surface area contributed by atoms with Gasteiger partial charge in [-0.15, -0.1) is 67.9 Å². The van der Waals surface area contributed by atoms with Gasteiger partial charge >= 0.3 is 0 Å². The topological polar surface area (TPSA) is 6.48 Å². The smallest absolute Gasteiger partial charge is 0.0916 e. The molecular formula is C16H36Br4N4+2. The van der Waals surface area contributed by atoms with Crippen LogP contribution in [-0.2, 0) is 0 Å². The highest BCUT2D eigenvalue weighted by Gasteiger charge is 2.39. The van der Waals surface area contributed by atoms with E-state index in [1.165, 1.54) is 113 Å². The summed E-state index contributed by atoms with van der Waals surface area (Å²) >= 11 is 0. The molecule has 0 spiro atoms. The number of piperazine rings is 6. The summed E-state index contributed by atoms with van der Waals surface area (Å²) in [6.45, 7) is 19.8. The molecule has 0 aliphatic carbocycles. The summed E-state index contributed by atoms with van der Waals surface area (Å²) in [4.78, 5) is 5.32. The molecule has 6 saturated heterocycles. The molecule has 6 aliphatic heterocycles. The Labute approximate surface area is 190 Å². The Kier molecular flexibility index (Phi) is 11.7. The van der Waals surface area contributed by atoms with Crippen LogP contribution in [-0.4, -0.2) is 110 Å². The molecule has 24 heavy (non-hydrogen) atoms. The zero-order valence-electron chi connectivity index (χ0n) is 14.7. The minimum atomic E-state index is 0. The maximum Gasteiger partial charge on any atom is 0.0916 e. The molecule has 0 radical (unpaired) electrons. The first kappa shape index (κ1) is 25.8. The number of hydrogen-bond acceptors (Lipinski definition) is 2. The Bertz CT molecular complexity index is 294. The van der Waals surface area contributed by atoms with Crippen molar-refractivity contribution in [2.45, 2.75) is 12.8 Å². The fourth-order valence-electron chi connectivity index (χ4n) is 5.03. The molecule has 146 valence electrons. The van der Waals surface area contributed by atoms with E-state index in [1.54, 1.807) is 0 Å². The highest BCUT2D eigenvalue weighted by molar-refractivity contribution is 8.93. The molecule has 4 nitrogen and oxygen atoms in total. The summed E-state index contributed by atoms with van der Waals surface area (Å²) in [5.41, 5.74) is 0. The maximum absolute atomic E-state index is 2.66. The Morgan fingerprint density at radius 2 is 0.708 bits per heavy atom. The molecule has 6 fully saturated rings. The van der Waals surface area contributed by atoms with Crippen LogP contribution in [0.15, 0.2) is 0 Å². The van der Waals surface area contributed by atoms with Crippen molar-refractivity contribution in [3.63, 3.8) is 0 Å². The quantitative estimate of drug-likeness (QED) is 0.352. The minimum Gasteiger partial charge on any atom is -0.320 e. The first-order valence-electron chi connectivity index (χ1n) is 8.93. The van der Waals surface area contributed by atoms with Gasteiger partial charge in [-0.25, -0.2) is 0 Å². The first-order chi connectivity index (χ1) is 9.78. The van der Waals surface area contributed by atoms with Crippen LogP contribution in [0, 0.1) is 0 Å². The number of unbranched alkanes of at least 4 members (excludes halogenated alkanes) is 1. The lowest BCUT2D eigenvalue weighted by Gasteiger charge is -2.51. The second-order valence-corrected chi connectivity index (χ2v) is 7.86. The van der Waals surface area contributed by atoms with Crippen molar-refractivity contribution >= 4 is 67.9 Å². The van der Waals surface area contributed by atoms with E-state index in [0.717, 1.165) is 0 Å². The van der Waals surface area contributed by atoms with Crippen LogP contribution >= 0.6 is 67.9 Å². The number of quaternary nitrogens is 2. The summed E-state index contributed by atoms with van der Waals surface area (Å²) < 4.78 is 2.93. The predicted octanol–water partition coefficient (Wildman–Crippen LogP) is 2.37. The van der Waals surface area contributed by atoms with Gasteiger partial charge in [0.15, 0.2) is 0 Å². The van der Waals surface area contributed by atoms with E-state index in [4.69, 9.17) is 0 Å². The Morgan fingerprint density at radius 1 is 0.458 bits per heavy atom. The fourth-order valence-corrected chi connectivity index (χ4v) is 5.03. The van der Waals surface area contributed by atoms with Gasteiger partial charge in [0.25, 0.3) is 0 Å². The third-order valence-corrected chi connectivity index (χ3v) is 6.86. The summed E-state index contributed by atoms with van der Waals surface area (Å²) in [6.07, 6.45) is 2.95. The van der Waals surface area contributed by atoms with Crippen LogP contribution in [0.1, 0.15) is 12.8 Å². The van der Waals surface area contributed by atoms with Crippen molar-refractivity contribution in [3.05, 3.63) is 0 Å². The maximum atomic E-state index is 2.66. The number of hydrogen-bond donors (Lipinski definition) is 0. The summed E-state index contributed by atoms with van der Waals surface area (Å²) in [5, 5.41) is 0. The molecule has 0 aromatic carbocycles. The molecular weight excluding hydrogens is 568 g/mol. The number of halogens is 4. The molecule has 0 unspecified atom stereocenters. The minimum absolute atomic E-state index is 0. The molecule has 0 aromatic heterocycles. The molecule has 0 aromatic rings. The van der Waals surface area contributed by atoms with Crippen molar-refractivity contribution in [2.75, 3.05) is 91.6 Å². The lowest BCUT2D eigenvalue weighted by molar-refractivity contribution is -0.946. The molecule has 0 N–H and O–H groups in total. The van der Waals surface area contributed by atoms with Crippen LogP contribution in [0.5, 0.6) is 0 Å². The number of rotatable bonds is 5. The first-order valence-corrected chi connectivity index (χ1v) is 8.93. The van der Waals surface area contributed by atoms with Crippen molar-refractivity contribution in [3.8, 4) is 0 Å². The molecule has 6 aliphatic rings. The Balaban J connectivity index is 0.00000132. The average molecular weight is 604 g/mol. The zero-order valence-corrected chi connectivity index (χ0v) is 21.6. The molecule has 0 atom stereocenters. The highest BCUT2D eigenvalue weighted by atomic mass is 79.9. The Morgan fingerprint density at radius 3 is 0.958 bits per heavy atom. The average Bonchev–Trinajstić information content (AvgIpc) is 2.55. The standard InChI is InChI=1S/C16H32N4.4BrH/c1(9-19-11-3-17(4-12-19)5-13-19)2-10-20-14-6-18(7-15-20)8-16-20;;;;/h1-16H2;4*1H/q+2;;;;. The lowest BCUT2D eigenvalue weighted by atomic mass is 10.1. The van der Waals surface area contributed by atoms with Gasteiger partial charge in [-0.1, -0.05) is 0 Å². The predicted molar refractivity (Wildman–Crippen MR) is 123 cm³/mol. The monoisotopic (exact) mass is 600 g/mol. The third kappa shape index (κ3) is 5.63. The van der Waals surface area contributed by atoms with E-state index in [-0.39, 0.29) is 67.9 Å². The molecule has 6 rings (SSSR count). The van der Waals surface area contributed by atoms with Crippen molar-refractivity contribution in [1.82, 2.24) is 9.80 Å². The van der Waals surface area contributed by atoms with Crippen LogP contribution in [0.25, 0.3) is 0 Å². The van der Waals surface area contributed by atoms with E-state index in [0.29, 0.717) is 0 Å². The van der Waals surface area contributed by atoms with E-state index in [1.807, 2.05) is 0 Å². The van der Waals surface area contributed by atoms with Gasteiger partial charge in [-0.3, -0.25) is 9.80 Å². The van der Waals surface area contributed by atoms with Crippen molar-refractivity contribution in [1.29, 1.82) is 0 Å². The molecule has 0 saturated carbocycles. The summed E-state index contributed by atoms with van der Waals surface area (Å²) in [6, 6.07) is 0. The van der Waals surface area contributed by atoms with E-state index in [9.17, 15) is 0 Å². The van der Waals surface area contributed by atoms with Crippen LogP contribution in [0.3, 0.4) is 0 Å². The van der Waals surface area contributed by atoms with Gasteiger partial charge in [0.2, 0.25) is 0 Å². The van der Waals surface area contributed by atoms with Gasteiger partial charge in [0.1, 0.15) is 0 Å². The molecule has 6 heterocycles. The molecule has 0 amide bonds. The van der Waals surface area contributed by atoms with E-state index >= 15 is 0 Å². The SMILES string of the molecule is Br.Br.Br.Br.C(CC[N+]12CCN(CC1)CC2)C[N+]12CCN(CC1)CC2. The van der Waals surface area contributed by atoms with E-state index < -0.39 is 0 Å². The summed E-state index contributed by atoms with van der Waals surface area (Å²) in [7, 11) is 0. The van der Waals surface area contributed by atoms with Crippen LogP contribution in [0.4, 0.5) is 0 Å². The zero-order chi connectivity index (χ0) is 13.5. The van der Waals surface area contributed by atoms with Gasteiger partial charge < -0.3 is 8.97 Å². The molecule has 8 heteroatoms. The van der Waals surface area contributed by atoms with Crippen molar-refractivity contribution in [2.24, 2.45) is 0 Å². The number of fused-ring (bicyclic) bond motifs is 6. The van der Waals surface area contributed by atoms with Gasteiger partial charge in [0.05, 0.1) is 52.4 Å². The third-order valence-electron chi connectivity index (χ3n) is 6.86. The number of nitrogens with zero attached hydrogens (tertiary/aromatic N) is 4. The van der Waals surface area contributed by atoms with Crippen molar-refractivity contribution < 1.29 is 8.97 Å².